The van der Waals surface area contributed by atoms with Crippen molar-refractivity contribution in [3.05, 3.63) is 23.5 Å². The van der Waals surface area contributed by atoms with Crippen LogP contribution in [0.15, 0.2) is 12.1 Å². The maximum Gasteiger partial charge on any atom is 0.340 e. The van der Waals surface area contributed by atoms with Gasteiger partial charge in [-0.3, -0.25) is 0 Å². The van der Waals surface area contributed by atoms with Crippen LogP contribution < -0.4 is 11.1 Å². The number of anilines is 2. The fourth-order valence-corrected chi connectivity index (χ4v) is 2.78. The summed E-state index contributed by atoms with van der Waals surface area (Å²) in [4.78, 5) is 11.5. The third-order valence-electron chi connectivity index (χ3n) is 3.93. The molecule has 1 fully saturated rings. The van der Waals surface area contributed by atoms with Crippen LogP contribution in [0.1, 0.15) is 36.5 Å². The van der Waals surface area contributed by atoms with Gasteiger partial charge in [-0.15, -0.1) is 0 Å². The molecule has 0 heterocycles. The first-order valence-electron chi connectivity index (χ1n) is 6.92. The number of halogens is 1. The molecule has 4 nitrogen and oxygen atoms in total. The summed E-state index contributed by atoms with van der Waals surface area (Å²) in [6, 6.07) is 2.58. The van der Waals surface area contributed by atoms with Gasteiger partial charge in [-0.2, -0.15) is 0 Å². The highest BCUT2D eigenvalue weighted by molar-refractivity contribution is 5.96. The van der Waals surface area contributed by atoms with Crippen LogP contribution in [-0.4, -0.2) is 19.6 Å². The lowest BCUT2D eigenvalue weighted by Crippen LogP contribution is -2.14. The Kier molecular flexibility index (Phi) is 4.47. The van der Waals surface area contributed by atoms with Gasteiger partial charge in [-0.05, 0) is 36.8 Å². The van der Waals surface area contributed by atoms with Crippen LogP contribution in [0.3, 0.4) is 0 Å². The standard InChI is InChI=1S/C15H21FN2O2/c1-9-3-4-10(5-9)8-18-14-6-11(15(19)20-2)13(17)7-12(14)16/h6-7,9-10,18H,3-5,8,17H2,1-2H3. The van der Waals surface area contributed by atoms with E-state index in [-0.39, 0.29) is 11.3 Å². The van der Waals surface area contributed by atoms with Crippen molar-refractivity contribution in [2.24, 2.45) is 11.8 Å². The van der Waals surface area contributed by atoms with Crippen LogP contribution >= 0.6 is 0 Å². The molecule has 1 aliphatic rings. The summed E-state index contributed by atoms with van der Waals surface area (Å²) in [5, 5.41) is 3.08. The van der Waals surface area contributed by atoms with Crippen molar-refractivity contribution in [2.45, 2.75) is 26.2 Å². The third-order valence-corrected chi connectivity index (χ3v) is 3.93. The average molecular weight is 280 g/mol. The number of nitrogens with two attached hydrogens (primary N) is 1. The molecule has 3 N–H and O–H groups in total. The van der Waals surface area contributed by atoms with E-state index in [4.69, 9.17) is 5.73 Å². The second-order valence-electron chi connectivity index (χ2n) is 5.58. The van der Waals surface area contributed by atoms with Gasteiger partial charge < -0.3 is 15.8 Å². The molecule has 0 amide bonds. The molecule has 0 aliphatic heterocycles. The van der Waals surface area contributed by atoms with E-state index in [1.165, 1.54) is 19.6 Å². The molecule has 20 heavy (non-hydrogen) atoms. The van der Waals surface area contributed by atoms with E-state index in [1.807, 2.05) is 0 Å². The lowest BCUT2D eigenvalue weighted by atomic mass is 10.1. The number of benzene rings is 1. The summed E-state index contributed by atoms with van der Waals surface area (Å²) in [7, 11) is 1.28. The molecule has 0 saturated heterocycles. The predicted octanol–water partition coefficient (Wildman–Crippen LogP) is 3.04. The van der Waals surface area contributed by atoms with Gasteiger partial charge in [-0.25, -0.2) is 9.18 Å². The molecule has 2 unspecified atom stereocenters. The van der Waals surface area contributed by atoms with Crippen molar-refractivity contribution >= 4 is 17.3 Å². The van der Waals surface area contributed by atoms with E-state index in [0.29, 0.717) is 18.2 Å². The molecule has 1 aliphatic carbocycles. The topological polar surface area (TPSA) is 64.3 Å². The summed E-state index contributed by atoms with van der Waals surface area (Å²) in [5.74, 6) is 0.300. The second-order valence-corrected chi connectivity index (χ2v) is 5.58. The minimum absolute atomic E-state index is 0.0920. The fraction of sp³-hybridized carbons (Fsp3) is 0.533. The number of carbonyl (C=O) groups excluding carboxylic acids is 1. The van der Waals surface area contributed by atoms with Crippen molar-refractivity contribution in [3.63, 3.8) is 0 Å². The minimum Gasteiger partial charge on any atom is -0.465 e. The van der Waals surface area contributed by atoms with Gasteiger partial charge in [0.05, 0.1) is 18.4 Å². The number of hydrogen-bond acceptors (Lipinski definition) is 4. The highest BCUT2D eigenvalue weighted by Gasteiger charge is 2.21. The maximum atomic E-state index is 13.9. The Balaban J connectivity index is 2.09. The molecule has 1 aromatic carbocycles. The Hall–Kier alpha value is -1.78. The molecule has 110 valence electrons. The molecular weight excluding hydrogens is 259 g/mol. The number of carbonyl (C=O) groups is 1. The Bertz CT molecular complexity index is 505. The molecule has 1 aromatic rings. The lowest BCUT2D eigenvalue weighted by Gasteiger charge is -2.14. The Labute approximate surface area is 118 Å². The number of esters is 1. The van der Waals surface area contributed by atoms with Crippen LogP contribution in [-0.2, 0) is 4.74 Å². The number of ether oxygens (including phenoxy) is 1. The summed E-state index contributed by atoms with van der Waals surface area (Å²) in [6.07, 6.45) is 3.55. The van der Waals surface area contributed by atoms with E-state index < -0.39 is 11.8 Å². The van der Waals surface area contributed by atoms with Gasteiger partial charge >= 0.3 is 5.97 Å². The Morgan fingerprint density at radius 2 is 2.25 bits per heavy atom. The molecule has 0 spiro atoms. The SMILES string of the molecule is COC(=O)c1cc(NCC2CCC(C)C2)c(F)cc1N. The van der Waals surface area contributed by atoms with Crippen molar-refractivity contribution in [3.8, 4) is 0 Å². The highest BCUT2D eigenvalue weighted by Crippen LogP contribution is 2.31. The normalized spacial score (nSPS) is 21.8. The molecule has 0 bridgehead atoms. The molecule has 0 aromatic heterocycles. The summed E-state index contributed by atoms with van der Waals surface area (Å²) < 4.78 is 18.5. The van der Waals surface area contributed by atoms with E-state index in [1.54, 1.807) is 0 Å². The summed E-state index contributed by atoms with van der Waals surface area (Å²) >= 11 is 0. The number of nitrogens with one attached hydrogen (secondary N) is 1. The zero-order valence-corrected chi connectivity index (χ0v) is 11.9. The van der Waals surface area contributed by atoms with Crippen LogP contribution in [0.2, 0.25) is 0 Å². The zero-order valence-electron chi connectivity index (χ0n) is 11.9. The smallest absolute Gasteiger partial charge is 0.340 e. The monoisotopic (exact) mass is 280 g/mol. The zero-order chi connectivity index (χ0) is 14.7. The van der Waals surface area contributed by atoms with E-state index >= 15 is 0 Å². The highest BCUT2D eigenvalue weighted by atomic mass is 19.1. The molecular formula is C15H21FN2O2. The third kappa shape index (κ3) is 3.21. The van der Waals surface area contributed by atoms with Crippen molar-refractivity contribution < 1.29 is 13.9 Å². The van der Waals surface area contributed by atoms with Crippen molar-refractivity contribution in [1.29, 1.82) is 0 Å². The predicted molar refractivity (Wildman–Crippen MR) is 77.1 cm³/mol. The van der Waals surface area contributed by atoms with E-state index in [0.717, 1.165) is 24.8 Å². The Morgan fingerprint density at radius 3 is 2.85 bits per heavy atom. The van der Waals surface area contributed by atoms with E-state index in [9.17, 15) is 9.18 Å². The van der Waals surface area contributed by atoms with Gasteiger partial charge in [0.2, 0.25) is 0 Å². The van der Waals surface area contributed by atoms with Crippen LogP contribution in [0.25, 0.3) is 0 Å². The quantitative estimate of drug-likeness (QED) is 0.657. The van der Waals surface area contributed by atoms with Gasteiger partial charge in [-0.1, -0.05) is 13.3 Å². The van der Waals surface area contributed by atoms with Crippen LogP contribution in [0, 0.1) is 17.7 Å². The van der Waals surface area contributed by atoms with E-state index in [2.05, 4.69) is 17.0 Å². The molecule has 1 saturated carbocycles. The van der Waals surface area contributed by atoms with Crippen LogP contribution in [0.5, 0.6) is 0 Å². The largest absolute Gasteiger partial charge is 0.465 e. The molecule has 2 rings (SSSR count). The number of hydrogen-bond donors (Lipinski definition) is 2. The maximum absolute atomic E-state index is 13.9. The number of methoxy groups -OCH3 is 1. The molecule has 5 heteroatoms. The van der Waals surface area contributed by atoms with Crippen molar-refractivity contribution in [2.75, 3.05) is 24.7 Å². The first-order chi connectivity index (χ1) is 9.51. The lowest BCUT2D eigenvalue weighted by molar-refractivity contribution is 0.0602. The average Bonchev–Trinajstić information content (AvgIpc) is 2.83. The van der Waals surface area contributed by atoms with Gasteiger partial charge in [0.25, 0.3) is 0 Å². The number of rotatable bonds is 4. The van der Waals surface area contributed by atoms with Gasteiger partial charge in [0, 0.05) is 12.2 Å². The molecule has 2 atom stereocenters. The second kappa shape index (κ2) is 6.11. The first-order valence-corrected chi connectivity index (χ1v) is 6.92. The molecule has 0 radical (unpaired) electrons. The summed E-state index contributed by atoms with van der Waals surface area (Å²) in [5.41, 5.74) is 6.22. The van der Waals surface area contributed by atoms with Gasteiger partial charge in [0.15, 0.2) is 0 Å². The summed E-state index contributed by atoms with van der Waals surface area (Å²) in [6.45, 7) is 2.95. The first kappa shape index (κ1) is 14.6. The minimum atomic E-state index is -0.556. The number of nitrogen functional groups attached to an aromatic ring is 1. The van der Waals surface area contributed by atoms with Crippen molar-refractivity contribution in [1.82, 2.24) is 0 Å². The fourth-order valence-electron chi connectivity index (χ4n) is 2.78. The van der Waals surface area contributed by atoms with Gasteiger partial charge in [0.1, 0.15) is 5.82 Å². The van der Waals surface area contributed by atoms with Crippen LogP contribution in [0.4, 0.5) is 15.8 Å². The Morgan fingerprint density at radius 1 is 1.50 bits per heavy atom.